The van der Waals surface area contributed by atoms with Crippen molar-refractivity contribution in [1.29, 1.82) is 0 Å². The van der Waals surface area contributed by atoms with Crippen LogP contribution in [0.5, 0.6) is 0 Å². The van der Waals surface area contributed by atoms with E-state index in [0.29, 0.717) is 12.3 Å². The van der Waals surface area contributed by atoms with Gasteiger partial charge >= 0.3 is 0 Å². The van der Waals surface area contributed by atoms with Gasteiger partial charge in [0.2, 0.25) is 5.89 Å². The maximum atomic E-state index is 5.92. The molecule has 1 unspecified atom stereocenters. The number of rotatable bonds is 3. The lowest BCUT2D eigenvalue weighted by atomic mass is 10.1. The molecule has 2 rings (SSSR count). The summed E-state index contributed by atoms with van der Waals surface area (Å²) in [7, 11) is 0. The molecule has 0 aliphatic heterocycles. The number of benzene rings is 1. The molecule has 1 atom stereocenters. The fourth-order valence-electron chi connectivity index (χ4n) is 1.36. The van der Waals surface area contributed by atoms with Crippen LogP contribution in [0, 0.1) is 4.84 Å². The van der Waals surface area contributed by atoms with Crippen molar-refractivity contribution in [2.24, 2.45) is 5.73 Å². The Morgan fingerprint density at radius 1 is 1.40 bits per heavy atom. The standard InChI is InChI=1S/C10H11N3OS/c11-8(9-12-13-10(15)14-9)6-7-4-2-1-3-5-7/h1-5,8H,6,11H2,(H,13,15). The minimum Gasteiger partial charge on any atom is -0.412 e. The Morgan fingerprint density at radius 2 is 2.13 bits per heavy atom. The Hall–Kier alpha value is -1.46. The molecule has 1 aromatic carbocycles. The molecule has 0 saturated carbocycles. The molecule has 5 heteroatoms. The topological polar surface area (TPSA) is 67.8 Å². The molecule has 0 aliphatic carbocycles. The van der Waals surface area contributed by atoms with Crippen molar-refractivity contribution in [2.45, 2.75) is 12.5 Å². The number of nitrogens with two attached hydrogens (primary N) is 1. The summed E-state index contributed by atoms with van der Waals surface area (Å²) in [6.45, 7) is 0. The van der Waals surface area contributed by atoms with Crippen LogP contribution >= 0.6 is 12.2 Å². The first-order valence-electron chi connectivity index (χ1n) is 4.60. The lowest BCUT2D eigenvalue weighted by Gasteiger charge is -2.06. The van der Waals surface area contributed by atoms with Gasteiger partial charge in [-0.1, -0.05) is 30.3 Å². The van der Waals surface area contributed by atoms with Gasteiger partial charge in [-0.25, -0.2) is 5.10 Å². The molecule has 0 saturated heterocycles. The molecule has 1 aromatic heterocycles. The fraction of sp³-hybridized carbons (Fsp3) is 0.200. The monoisotopic (exact) mass is 221 g/mol. The van der Waals surface area contributed by atoms with Crippen LogP contribution in [-0.4, -0.2) is 10.2 Å². The lowest BCUT2D eigenvalue weighted by molar-refractivity contribution is 0.438. The second-order valence-corrected chi connectivity index (χ2v) is 3.62. The Morgan fingerprint density at radius 3 is 2.73 bits per heavy atom. The zero-order valence-electron chi connectivity index (χ0n) is 8.01. The molecule has 0 fully saturated rings. The van der Waals surface area contributed by atoms with E-state index in [0.717, 1.165) is 5.56 Å². The van der Waals surface area contributed by atoms with Crippen LogP contribution < -0.4 is 5.73 Å². The van der Waals surface area contributed by atoms with E-state index in [1.54, 1.807) is 0 Å². The summed E-state index contributed by atoms with van der Waals surface area (Å²) in [6, 6.07) is 9.68. The van der Waals surface area contributed by atoms with Crippen molar-refractivity contribution in [1.82, 2.24) is 10.2 Å². The number of nitrogens with one attached hydrogen (secondary N) is 1. The Balaban J connectivity index is 2.10. The molecule has 4 nitrogen and oxygen atoms in total. The number of hydrogen-bond acceptors (Lipinski definition) is 4. The average Bonchev–Trinajstić information content (AvgIpc) is 2.66. The highest BCUT2D eigenvalue weighted by Gasteiger charge is 2.12. The third-order valence-corrected chi connectivity index (χ3v) is 2.24. The SMILES string of the molecule is NC(Cc1ccccc1)c1n[nH]c(=S)o1. The average molecular weight is 221 g/mol. The number of hydrogen-bond donors (Lipinski definition) is 2. The summed E-state index contributed by atoms with van der Waals surface area (Å²) in [6.07, 6.45) is 0.684. The Kier molecular flexibility index (Phi) is 2.94. The van der Waals surface area contributed by atoms with E-state index < -0.39 is 0 Å². The maximum absolute atomic E-state index is 5.92. The number of aromatic amines is 1. The van der Waals surface area contributed by atoms with Gasteiger partial charge in [0, 0.05) is 0 Å². The molecule has 0 spiro atoms. The van der Waals surface area contributed by atoms with Gasteiger partial charge < -0.3 is 10.2 Å². The zero-order chi connectivity index (χ0) is 10.7. The predicted molar refractivity (Wildman–Crippen MR) is 58.8 cm³/mol. The first-order valence-corrected chi connectivity index (χ1v) is 5.01. The molecule has 0 radical (unpaired) electrons. The van der Waals surface area contributed by atoms with Crippen LogP contribution in [0.25, 0.3) is 0 Å². The van der Waals surface area contributed by atoms with Crippen LogP contribution in [0.4, 0.5) is 0 Å². The molecule has 3 N–H and O–H groups in total. The minimum atomic E-state index is -0.264. The molecule has 15 heavy (non-hydrogen) atoms. The largest absolute Gasteiger partial charge is 0.412 e. The van der Waals surface area contributed by atoms with E-state index in [4.69, 9.17) is 22.4 Å². The van der Waals surface area contributed by atoms with Gasteiger partial charge in [-0.3, -0.25) is 0 Å². The third-order valence-electron chi connectivity index (χ3n) is 2.07. The van der Waals surface area contributed by atoms with Crippen molar-refractivity contribution in [2.75, 3.05) is 0 Å². The van der Waals surface area contributed by atoms with Crippen LogP contribution in [0.2, 0.25) is 0 Å². The highest BCUT2D eigenvalue weighted by molar-refractivity contribution is 7.71. The fourth-order valence-corrected chi connectivity index (χ4v) is 1.49. The van der Waals surface area contributed by atoms with Crippen molar-refractivity contribution in [3.8, 4) is 0 Å². The first-order chi connectivity index (χ1) is 7.25. The zero-order valence-corrected chi connectivity index (χ0v) is 8.83. The van der Waals surface area contributed by atoms with Crippen LogP contribution in [0.3, 0.4) is 0 Å². The highest BCUT2D eigenvalue weighted by Crippen LogP contribution is 2.13. The number of H-pyrrole nitrogens is 1. The van der Waals surface area contributed by atoms with Gasteiger partial charge in [-0.2, -0.15) is 0 Å². The van der Waals surface area contributed by atoms with Crippen molar-refractivity contribution >= 4 is 12.2 Å². The molecular weight excluding hydrogens is 210 g/mol. The molecule has 0 amide bonds. The second kappa shape index (κ2) is 4.37. The molecule has 2 aromatic rings. The van der Waals surface area contributed by atoms with Crippen molar-refractivity contribution < 1.29 is 4.42 Å². The number of aromatic nitrogens is 2. The summed E-state index contributed by atoms with van der Waals surface area (Å²) in [4.78, 5) is 0.258. The summed E-state index contributed by atoms with van der Waals surface area (Å²) in [5, 5.41) is 6.44. The molecule has 78 valence electrons. The predicted octanol–water partition coefficient (Wildman–Crippen LogP) is 1.97. The molecular formula is C10H11N3OS. The Labute approximate surface area is 92.1 Å². The summed E-state index contributed by atoms with van der Waals surface area (Å²) >= 11 is 4.78. The summed E-state index contributed by atoms with van der Waals surface area (Å²) < 4.78 is 5.14. The highest BCUT2D eigenvalue weighted by atomic mass is 32.1. The summed E-state index contributed by atoms with van der Waals surface area (Å²) in [5.41, 5.74) is 7.07. The van der Waals surface area contributed by atoms with Crippen LogP contribution in [0.15, 0.2) is 34.7 Å². The van der Waals surface area contributed by atoms with Crippen molar-refractivity contribution in [3.05, 3.63) is 46.6 Å². The van der Waals surface area contributed by atoms with Gasteiger partial charge in [0.05, 0.1) is 6.04 Å². The van der Waals surface area contributed by atoms with Crippen LogP contribution in [0.1, 0.15) is 17.5 Å². The van der Waals surface area contributed by atoms with Crippen molar-refractivity contribution in [3.63, 3.8) is 0 Å². The van der Waals surface area contributed by atoms with E-state index in [1.165, 1.54) is 0 Å². The van der Waals surface area contributed by atoms with E-state index in [1.807, 2.05) is 30.3 Å². The smallest absolute Gasteiger partial charge is 0.284 e. The van der Waals surface area contributed by atoms with Gasteiger partial charge in [-0.15, -0.1) is 5.10 Å². The van der Waals surface area contributed by atoms with E-state index >= 15 is 0 Å². The third kappa shape index (κ3) is 2.51. The summed E-state index contributed by atoms with van der Waals surface area (Å²) in [5.74, 6) is 0.448. The van der Waals surface area contributed by atoms with Gasteiger partial charge in [0.15, 0.2) is 0 Å². The lowest BCUT2D eigenvalue weighted by Crippen LogP contribution is -2.13. The molecule has 0 bridgehead atoms. The van der Waals surface area contributed by atoms with E-state index in [2.05, 4.69) is 10.2 Å². The second-order valence-electron chi connectivity index (χ2n) is 3.25. The van der Waals surface area contributed by atoms with Gasteiger partial charge in [0.25, 0.3) is 4.84 Å². The van der Waals surface area contributed by atoms with Crippen LogP contribution in [-0.2, 0) is 6.42 Å². The van der Waals surface area contributed by atoms with Gasteiger partial charge in [-0.05, 0) is 24.2 Å². The first kappa shape index (κ1) is 10.1. The molecule has 0 aliphatic rings. The molecule has 1 heterocycles. The quantitative estimate of drug-likeness (QED) is 0.778. The van der Waals surface area contributed by atoms with E-state index in [9.17, 15) is 0 Å². The minimum absolute atomic E-state index is 0.258. The maximum Gasteiger partial charge on any atom is 0.284 e. The van der Waals surface area contributed by atoms with E-state index in [-0.39, 0.29) is 10.9 Å². The van der Waals surface area contributed by atoms with Gasteiger partial charge in [0.1, 0.15) is 0 Å². The Bertz CT molecular complexity index is 477. The normalized spacial score (nSPS) is 12.6. The number of nitrogens with zero attached hydrogens (tertiary/aromatic N) is 1.